The smallest absolute Gasteiger partial charge is 0.352 e. The van der Waals surface area contributed by atoms with Gasteiger partial charge in [-0.2, -0.15) is 13.2 Å². The van der Waals surface area contributed by atoms with Gasteiger partial charge < -0.3 is 10.2 Å². The number of hydrogen-bond donors (Lipinski definition) is 1. The van der Waals surface area contributed by atoms with Gasteiger partial charge in [-0.05, 0) is 55.7 Å². The maximum absolute atomic E-state index is 13.6. The van der Waals surface area contributed by atoms with Crippen LogP contribution in [0.25, 0.3) is 0 Å². The predicted molar refractivity (Wildman–Crippen MR) is 145 cm³/mol. The molecule has 0 aromatic heterocycles. The first kappa shape index (κ1) is 31.0. The van der Waals surface area contributed by atoms with Crippen LogP contribution in [-0.2, 0) is 32.3 Å². The molecule has 0 saturated heterocycles. The van der Waals surface area contributed by atoms with Crippen LogP contribution in [-0.4, -0.2) is 50.0 Å². The molecule has 1 fully saturated rings. The first-order valence-electron chi connectivity index (χ1n) is 12.4. The number of anilines is 1. The van der Waals surface area contributed by atoms with Gasteiger partial charge in [0.25, 0.3) is 0 Å². The summed E-state index contributed by atoms with van der Waals surface area (Å²) >= 11 is 12.3. The van der Waals surface area contributed by atoms with Gasteiger partial charge in [-0.3, -0.25) is 13.9 Å². The zero-order valence-electron chi connectivity index (χ0n) is 21.5. The molecule has 1 saturated carbocycles. The van der Waals surface area contributed by atoms with E-state index in [0.29, 0.717) is 21.0 Å². The van der Waals surface area contributed by atoms with Crippen LogP contribution in [0.4, 0.5) is 18.9 Å². The Morgan fingerprint density at radius 2 is 1.74 bits per heavy atom. The Morgan fingerprint density at radius 1 is 1.08 bits per heavy atom. The number of alkyl halides is 3. The number of sulfonamides is 1. The third-order valence-electron chi connectivity index (χ3n) is 6.62. The molecule has 7 nitrogen and oxygen atoms in total. The summed E-state index contributed by atoms with van der Waals surface area (Å²) in [4.78, 5) is 28.0. The third-order valence-corrected chi connectivity index (χ3v) is 8.34. The van der Waals surface area contributed by atoms with Crippen molar-refractivity contribution in [1.82, 2.24) is 10.2 Å². The van der Waals surface area contributed by atoms with Crippen LogP contribution in [0, 0.1) is 0 Å². The number of hydrogen-bond acceptors (Lipinski definition) is 4. The quantitative estimate of drug-likeness (QED) is 0.399. The lowest BCUT2D eigenvalue weighted by Gasteiger charge is -2.33. The summed E-state index contributed by atoms with van der Waals surface area (Å²) in [5, 5.41) is 3.55. The van der Waals surface area contributed by atoms with Crippen LogP contribution >= 0.6 is 23.2 Å². The molecule has 1 aliphatic carbocycles. The standard InChI is InChI=1S/C26H30Cl2F3N3O4S/c1-17(25(36)32-21-8-4-3-5-9-21)33(15-18-11-12-20(27)14-23(18)28)24(35)16-34(39(2,37)38)22-10-6-7-19(13-22)26(29,30)31/h6-7,10-14,17,21H,3-5,8-9,15-16H2,1-2H3,(H,32,36)/t17-/m1/s1. The van der Waals surface area contributed by atoms with Crippen molar-refractivity contribution in [2.45, 2.75) is 63.8 Å². The van der Waals surface area contributed by atoms with Crippen molar-refractivity contribution in [2.75, 3.05) is 17.1 Å². The number of rotatable bonds is 9. The van der Waals surface area contributed by atoms with E-state index in [1.54, 1.807) is 12.1 Å². The molecule has 0 aliphatic heterocycles. The number of nitrogens with one attached hydrogen (secondary N) is 1. The lowest BCUT2D eigenvalue weighted by atomic mass is 9.95. The van der Waals surface area contributed by atoms with Gasteiger partial charge in [0, 0.05) is 22.6 Å². The van der Waals surface area contributed by atoms with Crippen LogP contribution < -0.4 is 9.62 Å². The molecule has 0 heterocycles. The lowest BCUT2D eigenvalue weighted by molar-refractivity contribution is -0.139. The minimum Gasteiger partial charge on any atom is -0.352 e. The number of nitrogens with zero attached hydrogens (tertiary/aromatic N) is 2. The Kier molecular flexibility index (Phi) is 10.2. The number of carbonyl (C=O) groups excluding carboxylic acids is 2. The van der Waals surface area contributed by atoms with Gasteiger partial charge in [0.05, 0.1) is 17.5 Å². The lowest BCUT2D eigenvalue weighted by Crippen LogP contribution is -2.53. The number of amides is 2. The SMILES string of the molecule is C[C@H](C(=O)NC1CCCCC1)N(Cc1ccc(Cl)cc1Cl)C(=O)CN(c1cccc(C(F)(F)F)c1)S(C)(=O)=O. The molecule has 13 heteroatoms. The van der Waals surface area contributed by atoms with Gasteiger partial charge in [0.2, 0.25) is 21.8 Å². The monoisotopic (exact) mass is 607 g/mol. The highest BCUT2D eigenvalue weighted by atomic mass is 35.5. The second-order valence-electron chi connectivity index (χ2n) is 9.59. The van der Waals surface area contributed by atoms with Gasteiger partial charge in [-0.15, -0.1) is 0 Å². The Morgan fingerprint density at radius 3 is 2.33 bits per heavy atom. The molecule has 2 aromatic carbocycles. The van der Waals surface area contributed by atoms with Crippen molar-refractivity contribution in [3.63, 3.8) is 0 Å². The van der Waals surface area contributed by atoms with Gasteiger partial charge >= 0.3 is 6.18 Å². The average Bonchev–Trinajstić information content (AvgIpc) is 2.85. The van der Waals surface area contributed by atoms with Gasteiger partial charge in [-0.1, -0.05) is 54.6 Å². The van der Waals surface area contributed by atoms with Crippen LogP contribution in [0.5, 0.6) is 0 Å². The van der Waals surface area contributed by atoms with Gasteiger partial charge in [-0.25, -0.2) is 8.42 Å². The topological polar surface area (TPSA) is 86.8 Å². The molecular formula is C26H30Cl2F3N3O4S. The first-order chi connectivity index (χ1) is 18.2. The molecule has 2 amide bonds. The fourth-order valence-corrected chi connectivity index (χ4v) is 5.75. The Balaban J connectivity index is 1.93. The fraction of sp³-hybridized carbons (Fsp3) is 0.462. The summed E-state index contributed by atoms with van der Waals surface area (Å²) < 4.78 is 65.8. The molecule has 0 bridgehead atoms. The summed E-state index contributed by atoms with van der Waals surface area (Å²) in [6.07, 6.45) is 0.732. The molecule has 1 atom stereocenters. The van der Waals surface area contributed by atoms with Gasteiger partial charge in [0.15, 0.2) is 0 Å². The highest BCUT2D eigenvalue weighted by Gasteiger charge is 2.34. The van der Waals surface area contributed by atoms with Crippen molar-refractivity contribution < 1.29 is 31.2 Å². The zero-order chi connectivity index (χ0) is 29.0. The molecule has 214 valence electrons. The molecule has 1 N–H and O–H groups in total. The maximum atomic E-state index is 13.6. The Hall–Kier alpha value is -2.50. The summed E-state index contributed by atoms with van der Waals surface area (Å²) in [6.45, 7) is 0.523. The second-order valence-corrected chi connectivity index (χ2v) is 12.3. The van der Waals surface area contributed by atoms with E-state index in [4.69, 9.17) is 23.2 Å². The Bertz CT molecular complexity index is 1300. The van der Waals surface area contributed by atoms with E-state index >= 15 is 0 Å². The minimum atomic E-state index is -4.72. The summed E-state index contributed by atoms with van der Waals surface area (Å²) in [7, 11) is -4.19. The maximum Gasteiger partial charge on any atom is 0.416 e. The van der Waals surface area contributed by atoms with Crippen LogP contribution in [0.1, 0.15) is 50.2 Å². The largest absolute Gasteiger partial charge is 0.416 e. The molecule has 3 rings (SSSR count). The van der Waals surface area contributed by atoms with Crippen molar-refractivity contribution in [1.29, 1.82) is 0 Å². The molecule has 0 radical (unpaired) electrons. The van der Waals surface area contributed by atoms with Crippen molar-refractivity contribution in [2.24, 2.45) is 0 Å². The highest BCUT2D eigenvalue weighted by Crippen LogP contribution is 2.32. The van der Waals surface area contributed by atoms with E-state index in [2.05, 4.69) is 5.32 Å². The van der Waals surface area contributed by atoms with Gasteiger partial charge in [0.1, 0.15) is 12.6 Å². The fourth-order valence-electron chi connectivity index (χ4n) is 4.44. The summed E-state index contributed by atoms with van der Waals surface area (Å²) in [5.74, 6) is -1.22. The molecule has 0 unspecified atom stereocenters. The zero-order valence-corrected chi connectivity index (χ0v) is 23.8. The normalized spacial score (nSPS) is 15.5. The van der Waals surface area contributed by atoms with Crippen LogP contribution in [0.15, 0.2) is 42.5 Å². The molecular weight excluding hydrogens is 578 g/mol. The van der Waals surface area contributed by atoms with E-state index in [-0.39, 0.29) is 23.3 Å². The predicted octanol–water partition coefficient (Wildman–Crippen LogP) is 5.64. The van der Waals surface area contributed by atoms with Crippen molar-refractivity contribution in [3.05, 3.63) is 63.6 Å². The molecule has 2 aromatic rings. The van der Waals surface area contributed by atoms with E-state index in [1.807, 2.05) is 0 Å². The van der Waals surface area contributed by atoms with Crippen LogP contribution in [0.2, 0.25) is 10.0 Å². The minimum absolute atomic E-state index is 0.0394. The number of halogens is 5. The number of benzene rings is 2. The average molecular weight is 609 g/mol. The Labute approximate surface area is 236 Å². The van der Waals surface area contributed by atoms with Crippen LogP contribution in [0.3, 0.4) is 0 Å². The number of carbonyl (C=O) groups is 2. The molecule has 0 spiro atoms. The summed E-state index contributed by atoms with van der Waals surface area (Å²) in [5.41, 5.74) is -0.938. The van der Waals surface area contributed by atoms with E-state index < -0.39 is 46.2 Å². The molecule has 39 heavy (non-hydrogen) atoms. The first-order valence-corrected chi connectivity index (χ1v) is 15.0. The van der Waals surface area contributed by atoms with E-state index in [1.165, 1.54) is 24.0 Å². The van der Waals surface area contributed by atoms with E-state index in [9.17, 15) is 31.2 Å². The second kappa shape index (κ2) is 12.8. The third kappa shape index (κ3) is 8.49. The summed E-state index contributed by atoms with van der Waals surface area (Å²) in [6, 6.07) is 7.24. The van der Waals surface area contributed by atoms with Crippen molar-refractivity contribution >= 4 is 50.7 Å². The van der Waals surface area contributed by atoms with E-state index in [0.717, 1.165) is 50.5 Å². The van der Waals surface area contributed by atoms with Crippen molar-refractivity contribution in [3.8, 4) is 0 Å². The molecule has 1 aliphatic rings. The highest BCUT2D eigenvalue weighted by molar-refractivity contribution is 7.92.